The van der Waals surface area contributed by atoms with Gasteiger partial charge in [0, 0.05) is 58.4 Å². The van der Waals surface area contributed by atoms with Gasteiger partial charge >= 0.3 is 11.9 Å². The molecule has 1 radical (unpaired) electrons. The van der Waals surface area contributed by atoms with Crippen LogP contribution in [0.3, 0.4) is 0 Å². The van der Waals surface area contributed by atoms with Crippen LogP contribution in [0, 0.1) is 0 Å². The molecule has 0 fully saturated rings. The van der Waals surface area contributed by atoms with Crippen molar-refractivity contribution in [2.24, 2.45) is 0 Å². The van der Waals surface area contributed by atoms with Gasteiger partial charge in [-0.3, -0.25) is 24.0 Å². The molecule has 3 amide bonds. The molecular weight excluding hydrogens is 526 g/mol. The third kappa shape index (κ3) is 25.2. The molecule has 0 saturated heterocycles. The van der Waals surface area contributed by atoms with Crippen LogP contribution in [0.2, 0.25) is 0 Å². The highest BCUT2D eigenvalue weighted by Gasteiger charge is 2.19. The molecule has 0 aliphatic heterocycles. The van der Waals surface area contributed by atoms with Crippen molar-refractivity contribution < 1.29 is 48.5 Å². The lowest BCUT2D eigenvalue weighted by molar-refractivity contribution is -0.142. The van der Waals surface area contributed by atoms with Crippen LogP contribution in [-0.4, -0.2) is 91.7 Å². The van der Waals surface area contributed by atoms with Gasteiger partial charge in [-0.2, -0.15) is 0 Å². The number of nitrogens with one attached hydrogen (secondary N) is 3. The van der Waals surface area contributed by atoms with E-state index < -0.39 is 23.9 Å². The summed E-state index contributed by atoms with van der Waals surface area (Å²) in [5.41, 5.74) is 0. The molecule has 0 spiro atoms. The van der Waals surface area contributed by atoms with Crippen molar-refractivity contribution in [2.75, 3.05) is 39.5 Å². The highest BCUT2D eigenvalue weighted by Crippen LogP contribution is 2.08. The average Bonchev–Trinajstić information content (AvgIpc) is 2.91. The minimum Gasteiger partial charge on any atom is -0.481 e. The largest absolute Gasteiger partial charge is 0.481 e. The normalized spacial score (nSPS) is 11.4. The summed E-state index contributed by atoms with van der Waals surface area (Å²) in [5, 5.41) is 25.4. The summed E-state index contributed by atoms with van der Waals surface area (Å²) in [4.78, 5) is 67.1. The van der Waals surface area contributed by atoms with E-state index in [1.165, 1.54) is 0 Å². The van der Waals surface area contributed by atoms with E-state index in [9.17, 15) is 28.8 Å². The molecule has 0 bridgehead atoms. The van der Waals surface area contributed by atoms with Crippen LogP contribution in [0.1, 0.15) is 89.9 Å². The lowest BCUT2D eigenvalue weighted by Gasteiger charge is -2.13. The van der Waals surface area contributed by atoms with Crippen LogP contribution in [0.4, 0.5) is 0 Å². The summed E-state index contributed by atoms with van der Waals surface area (Å²) in [6.07, 6.45) is 8.62. The lowest BCUT2D eigenvalue weighted by atomic mass is 10.1. The van der Waals surface area contributed by atoms with E-state index in [4.69, 9.17) is 19.7 Å². The van der Waals surface area contributed by atoms with Crippen LogP contribution < -0.4 is 16.0 Å². The summed E-state index contributed by atoms with van der Waals surface area (Å²) in [5.74, 6) is -2.88. The maximum absolute atomic E-state index is 11.8. The first kappa shape index (κ1) is 36.9. The molecule has 13 heteroatoms. The molecule has 0 unspecified atom stereocenters. The Balaban J connectivity index is 3.48. The topological polar surface area (TPSA) is 197 Å². The number of ether oxygens (including phenoxy) is 2. The van der Waals surface area contributed by atoms with Gasteiger partial charge in [0.15, 0.2) is 6.29 Å². The lowest BCUT2D eigenvalue weighted by Crippen LogP contribution is -2.41. The molecule has 0 saturated carbocycles. The van der Waals surface area contributed by atoms with Crippen LogP contribution in [-0.2, 0) is 38.2 Å². The van der Waals surface area contributed by atoms with Gasteiger partial charge in [0.2, 0.25) is 17.7 Å². The summed E-state index contributed by atoms with van der Waals surface area (Å²) in [6, 6.07) is -1.18. The highest BCUT2D eigenvalue weighted by molar-refractivity contribution is 5.87. The van der Waals surface area contributed by atoms with Gasteiger partial charge in [-0.1, -0.05) is 25.7 Å². The van der Waals surface area contributed by atoms with E-state index in [1.807, 2.05) is 0 Å². The predicted molar refractivity (Wildman–Crippen MR) is 145 cm³/mol. The quantitative estimate of drug-likeness (QED) is 0.0856. The molecule has 229 valence electrons. The number of carbonyl (C=O) groups excluding carboxylic acids is 4. The number of hydrogen-bond acceptors (Lipinski definition) is 8. The second kappa shape index (κ2) is 26.2. The first-order valence-corrected chi connectivity index (χ1v) is 14.0. The predicted octanol–water partition coefficient (Wildman–Crippen LogP) is 1.48. The van der Waals surface area contributed by atoms with Crippen molar-refractivity contribution in [3.05, 3.63) is 0 Å². The van der Waals surface area contributed by atoms with Crippen molar-refractivity contribution in [3.63, 3.8) is 0 Å². The van der Waals surface area contributed by atoms with Gasteiger partial charge < -0.3 is 35.6 Å². The minimum atomic E-state index is -1.25. The Morgan fingerprint density at radius 3 is 1.65 bits per heavy atom. The Hall–Kier alpha value is -3.06. The summed E-state index contributed by atoms with van der Waals surface area (Å²) < 4.78 is 10.9. The number of amides is 3. The molecule has 13 nitrogen and oxygen atoms in total. The Morgan fingerprint density at radius 1 is 0.625 bits per heavy atom. The summed E-state index contributed by atoms with van der Waals surface area (Å²) in [6.45, 7) is 2.69. The van der Waals surface area contributed by atoms with E-state index in [0.29, 0.717) is 65.2 Å². The maximum Gasteiger partial charge on any atom is 0.326 e. The molecule has 0 heterocycles. The molecule has 1 atom stereocenters. The van der Waals surface area contributed by atoms with Gasteiger partial charge in [-0.15, -0.1) is 0 Å². The molecule has 0 aliphatic rings. The monoisotopic (exact) mass is 572 g/mol. The molecule has 40 heavy (non-hydrogen) atoms. The van der Waals surface area contributed by atoms with E-state index in [1.54, 1.807) is 6.29 Å². The van der Waals surface area contributed by atoms with E-state index in [2.05, 4.69) is 16.0 Å². The first-order chi connectivity index (χ1) is 19.3. The fraction of sp³-hybridized carbons (Fsp3) is 0.778. The number of hydrogen-bond donors (Lipinski definition) is 5. The number of aliphatic carboxylic acids is 2. The molecule has 0 aromatic heterocycles. The first-order valence-electron chi connectivity index (χ1n) is 14.0. The number of carboxylic acid groups (broad SMARTS) is 2. The van der Waals surface area contributed by atoms with E-state index in [0.717, 1.165) is 32.1 Å². The maximum atomic E-state index is 11.8. The summed E-state index contributed by atoms with van der Waals surface area (Å²) >= 11 is 0. The second-order valence-corrected chi connectivity index (χ2v) is 9.29. The Bertz CT molecular complexity index is 748. The molecule has 0 aromatic rings. The number of rotatable bonds is 28. The van der Waals surface area contributed by atoms with Crippen LogP contribution in [0.25, 0.3) is 0 Å². The SMILES string of the molecule is O=[C]CC[C@H](NC(=O)CCC(=O)NCCCOCCOCCCNC(=O)CCCCCCCCC(=O)O)C(=O)O. The zero-order valence-electron chi connectivity index (χ0n) is 23.4. The van der Waals surface area contributed by atoms with Crippen molar-refractivity contribution in [2.45, 2.75) is 95.9 Å². The highest BCUT2D eigenvalue weighted by atomic mass is 16.5. The smallest absolute Gasteiger partial charge is 0.326 e. The van der Waals surface area contributed by atoms with Crippen molar-refractivity contribution in [1.82, 2.24) is 16.0 Å². The standard InChI is InChI=1S/C27H46N3O10/c31-17-7-10-22(27(37)38)30-25(34)14-13-24(33)29-16-9-19-40-21-20-39-18-8-15-28-23(32)11-5-3-1-2-4-6-12-26(35)36/h22H,1-16,18-21H2,(H,28,32)(H,29,33)(H,30,34)(H,35,36)(H,37,38)/t22-/m0/s1. The third-order valence-corrected chi connectivity index (χ3v) is 5.74. The summed E-state index contributed by atoms with van der Waals surface area (Å²) in [7, 11) is 0. The molecular formula is C27H46N3O10. The fourth-order valence-corrected chi connectivity index (χ4v) is 3.53. The van der Waals surface area contributed by atoms with Gasteiger partial charge in [-0.05, 0) is 32.1 Å². The van der Waals surface area contributed by atoms with Gasteiger partial charge in [0.05, 0.1) is 13.2 Å². The van der Waals surface area contributed by atoms with Crippen LogP contribution >= 0.6 is 0 Å². The van der Waals surface area contributed by atoms with Gasteiger partial charge in [0.25, 0.3) is 0 Å². The van der Waals surface area contributed by atoms with Gasteiger partial charge in [-0.25, -0.2) is 4.79 Å². The fourth-order valence-electron chi connectivity index (χ4n) is 3.53. The molecule has 0 aliphatic carbocycles. The van der Waals surface area contributed by atoms with Crippen molar-refractivity contribution in [1.29, 1.82) is 0 Å². The molecule has 5 N–H and O–H groups in total. The molecule has 0 rings (SSSR count). The van der Waals surface area contributed by atoms with Crippen molar-refractivity contribution >= 4 is 35.9 Å². The van der Waals surface area contributed by atoms with E-state index in [-0.39, 0.29) is 43.9 Å². The van der Waals surface area contributed by atoms with E-state index >= 15 is 0 Å². The Morgan fingerprint density at radius 2 is 1.12 bits per heavy atom. The third-order valence-electron chi connectivity index (χ3n) is 5.74. The van der Waals surface area contributed by atoms with Crippen molar-refractivity contribution in [3.8, 4) is 0 Å². The number of carbonyl (C=O) groups is 5. The Kier molecular flexibility index (Phi) is 24.2. The number of carboxylic acids is 2. The van der Waals surface area contributed by atoms with Crippen LogP contribution in [0.5, 0.6) is 0 Å². The zero-order chi connectivity index (χ0) is 29.8. The zero-order valence-corrected chi connectivity index (χ0v) is 23.4. The van der Waals surface area contributed by atoms with Gasteiger partial charge in [0.1, 0.15) is 6.04 Å². The van der Waals surface area contributed by atoms with Crippen LogP contribution in [0.15, 0.2) is 0 Å². The number of unbranched alkanes of at least 4 members (excludes halogenated alkanes) is 5. The average molecular weight is 573 g/mol. The second-order valence-electron chi connectivity index (χ2n) is 9.29. The minimum absolute atomic E-state index is 0.0290. The Labute approximate surface area is 236 Å². The molecule has 0 aromatic carbocycles.